The summed E-state index contributed by atoms with van der Waals surface area (Å²) < 4.78 is 12.6. The Morgan fingerprint density at radius 2 is 2.27 bits per heavy atom. The predicted octanol–water partition coefficient (Wildman–Crippen LogP) is 2.22. The van der Waals surface area contributed by atoms with E-state index in [4.69, 9.17) is 5.73 Å². The highest BCUT2D eigenvalue weighted by Gasteiger charge is 1.98. The number of hydrogen-bond acceptors (Lipinski definition) is 2. The van der Waals surface area contributed by atoms with Crippen molar-refractivity contribution in [2.24, 2.45) is 5.73 Å². The van der Waals surface area contributed by atoms with Crippen LogP contribution >= 0.6 is 11.8 Å². The van der Waals surface area contributed by atoms with Crippen molar-refractivity contribution < 1.29 is 4.39 Å². The van der Waals surface area contributed by atoms with Gasteiger partial charge in [0.2, 0.25) is 0 Å². The fourth-order valence-electron chi connectivity index (χ4n) is 0.755. The van der Waals surface area contributed by atoms with Crippen molar-refractivity contribution in [2.75, 3.05) is 0 Å². The van der Waals surface area contributed by atoms with Gasteiger partial charge in [-0.05, 0) is 25.1 Å². The number of benzene rings is 1. The largest absolute Gasteiger partial charge is 0.319 e. The first-order valence-corrected chi connectivity index (χ1v) is 4.24. The van der Waals surface area contributed by atoms with Crippen molar-refractivity contribution in [3.8, 4) is 0 Å². The van der Waals surface area contributed by atoms with E-state index < -0.39 is 0 Å². The topological polar surface area (TPSA) is 26.0 Å². The van der Waals surface area contributed by atoms with E-state index in [0.717, 1.165) is 4.90 Å². The average molecular weight is 171 g/mol. The lowest BCUT2D eigenvalue weighted by Crippen LogP contribution is -2.08. The van der Waals surface area contributed by atoms with E-state index in [-0.39, 0.29) is 11.2 Å². The predicted molar refractivity (Wildman–Crippen MR) is 45.9 cm³/mol. The van der Waals surface area contributed by atoms with E-state index in [0.29, 0.717) is 0 Å². The minimum atomic E-state index is -0.212. The van der Waals surface area contributed by atoms with Gasteiger partial charge in [0.25, 0.3) is 0 Å². The Labute approximate surface area is 69.8 Å². The van der Waals surface area contributed by atoms with Gasteiger partial charge in [-0.15, -0.1) is 11.8 Å². The lowest BCUT2D eigenvalue weighted by Gasteiger charge is -2.03. The normalized spacial score (nSPS) is 13.0. The number of nitrogens with two attached hydrogens (primary N) is 1. The second-order valence-corrected chi connectivity index (χ2v) is 3.73. The molecule has 11 heavy (non-hydrogen) atoms. The first-order valence-electron chi connectivity index (χ1n) is 3.36. The molecule has 1 rings (SSSR count). The van der Waals surface area contributed by atoms with E-state index in [9.17, 15) is 4.39 Å². The number of hydrogen-bond donors (Lipinski definition) is 1. The summed E-state index contributed by atoms with van der Waals surface area (Å²) in [7, 11) is 0. The molecule has 0 saturated heterocycles. The Balaban J connectivity index is 2.71. The minimum absolute atomic E-state index is 0.0109. The fourth-order valence-corrected chi connectivity index (χ4v) is 1.52. The van der Waals surface area contributed by atoms with E-state index in [2.05, 4.69) is 0 Å². The van der Waals surface area contributed by atoms with E-state index in [1.165, 1.54) is 23.9 Å². The summed E-state index contributed by atoms with van der Waals surface area (Å²) in [6.07, 6.45) is 0. The maximum atomic E-state index is 12.6. The molecule has 0 aromatic heterocycles. The van der Waals surface area contributed by atoms with Crippen LogP contribution in [0.1, 0.15) is 6.92 Å². The fraction of sp³-hybridized carbons (Fsp3) is 0.250. The molecule has 0 aliphatic carbocycles. The third-order valence-electron chi connectivity index (χ3n) is 1.12. The zero-order valence-electron chi connectivity index (χ0n) is 6.25. The summed E-state index contributed by atoms with van der Waals surface area (Å²) in [6.45, 7) is 1.87. The Morgan fingerprint density at radius 3 is 2.82 bits per heavy atom. The molecule has 60 valence electrons. The van der Waals surface area contributed by atoms with Crippen molar-refractivity contribution in [1.82, 2.24) is 0 Å². The van der Waals surface area contributed by atoms with Gasteiger partial charge in [0.1, 0.15) is 5.82 Å². The van der Waals surface area contributed by atoms with Gasteiger partial charge in [-0.25, -0.2) is 4.39 Å². The molecule has 2 N–H and O–H groups in total. The van der Waals surface area contributed by atoms with Crippen LogP contribution < -0.4 is 5.73 Å². The van der Waals surface area contributed by atoms with Crippen LogP contribution in [0.4, 0.5) is 4.39 Å². The van der Waals surface area contributed by atoms with E-state index >= 15 is 0 Å². The van der Waals surface area contributed by atoms with Crippen LogP contribution in [-0.2, 0) is 0 Å². The molecule has 0 heterocycles. The highest BCUT2D eigenvalue weighted by molar-refractivity contribution is 7.99. The Morgan fingerprint density at radius 1 is 1.55 bits per heavy atom. The molecule has 3 heteroatoms. The summed E-state index contributed by atoms with van der Waals surface area (Å²) in [4.78, 5) is 0.875. The first-order chi connectivity index (χ1) is 5.18. The van der Waals surface area contributed by atoms with Crippen molar-refractivity contribution in [1.29, 1.82) is 0 Å². The van der Waals surface area contributed by atoms with Crippen LogP contribution in [0.3, 0.4) is 0 Å². The quantitative estimate of drug-likeness (QED) is 0.545. The van der Waals surface area contributed by atoms with Crippen molar-refractivity contribution in [2.45, 2.75) is 17.2 Å². The number of rotatable bonds is 2. The Kier molecular flexibility index (Phi) is 2.91. The molecule has 0 amide bonds. The second kappa shape index (κ2) is 3.74. The molecule has 1 nitrogen and oxygen atoms in total. The van der Waals surface area contributed by atoms with Crippen LogP contribution in [0.2, 0.25) is 0 Å². The van der Waals surface area contributed by atoms with Gasteiger partial charge >= 0.3 is 0 Å². The summed E-state index contributed by atoms with van der Waals surface area (Å²) in [5, 5.41) is 0.0109. The molecular formula is C8H10FNS. The van der Waals surface area contributed by atoms with Crippen LogP contribution in [0.15, 0.2) is 29.2 Å². The molecule has 1 unspecified atom stereocenters. The maximum Gasteiger partial charge on any atom is 0.124 e. The molecule has 1 atom stereocenters. The van der Waals surface area contributed by atoms with Crippen molar-refractivity contribution >= 4 is 11.8 Å². The maximum absolute atomic E-state index is 12.6. The molecule has 0 aliphatic rings. The molecular weight excluding hydrogens is 161 g/mol. The summed E-state index contributed by atoms with van der Waals surface area (Å²) in [6, 6.07) is 6.43. The number of halogens is 1. The van der Waals surface area contributed by atoms with E-state index in [1.54, 1.807) is 6.07 Å². The summed E-state index contributed by atoms with van der Waals surface area (Å²) in [5.74, 6) is -0.212. The number of thioether (sulfide) groups is 1. The zero-order chi connectivity index (χ0) is 8.27. The summed E-state index contributed by atoms with van der Waals surface area (Å²) in [5.41, 5.74) is 5.52. The minimum Gasteiger partial charge on any atom is -0.319 e. The molecule has 0 bridgehead atoms. The van der Waals surface area contributed by atoms with Crippen LogP contribution in [0, 0.1) is 5.82 Å². The lowest BCUT2D eigenvalue weighted by molar-refractivity contribution is 0.624. The standard InChI is InChI=1S/C8H10FNS/c1-6(10)11-8-4-2-3-7(9)5-8/h2-6H,10H2,1H3. The van der Waals surface area contributed by atoms with Gasteiger partial charge in [-0.3, -0.25) is 0 Å². The molecule has 0 spiro atoms. The average Bonchev–Trinajstić information content (AvgIpc) is 1.85. The molecule has 0 radical (unpaired) electrons. The van der Waals surface area contributed by atoms with Gasteiger partial charge in [-0.2, -0.15) is 0 Å². The SMILES string of the molecule is CC(N)Sc1cccc(F)c1. The first kappa shape index (κ1) is 8.56. The summed E-state index contributed by atoms with van der Waals surface area (Å²) >= 11 is 1.45. The van der Waals surface area contributed by atoms with Crippen LogP contribution in [0.25, 0.3) is 0 Å². The second-order valence-electron chi connectivity index (χ2n) is 2.28. The van der Waals surface area contributed by atoms with E-state index in [1.807, 2.05) is 13.0 Å². The van der Waals surface area contributed by atoms with Crippen molar-refractivity contribution in [3.63, 3.8) is 0 Å². The molecule has 1 aromatic rings. The molecule has 0 fully saturated rings. The third-order valence-corrected chi connectivity index (χ3v) is 2.02. The van der Waals surface area contributed by atoms with Gasteiger partial charge in [-0.1, -0.05) is 6.07 Å². The highest BCUT2D eigenvalue weighted by atomic mass is 32.2. The van der Waals surface area contributed by atoms with Gasteiger partial charge in [0, 0.05) is 4.90 Å². The Hall–Kier alpha value is -0.540. The smallest absolute Gasteiger partial charge is 0.124 e. The van der Waals surface area contributed by atoms with Gasteiger partial charge in [0.15, 0.2) is 0 Å². The lowest BCUT2D eigenvalue weighted by atomic mass is 10.4. The molecule has 0 saturated carbocycles. The van der Waals surface area contributed by atoms with Gasteiger partial charge < -0.3 is 5.73 Å². The monoisotopic (exact) mass is 171 g/mol. The molecule has 0 aliphatic heterocycles. The third kappa shape index (κ3) is 2.91. The van der Waals surface area contributed by atoms with Crippen molar-refractivity contribution in [3.05, 3.63) is 30.1 Å². The molecule has 1 aromatic carbocycles. The van der Waals surface area contributed by atoms with Crippen LogP contribution in [-0.4, -0.2) is 5.37 Å². The van der Waals surface area contributed by atoms with Crippen LogP contribution in [0.5, 0.6) is 0 Å². The Bertz CT molecular complexity index is 237. The zero-order valence-corrected chi connectivity index (χ0v) is 7.07. The van der Waals surface area contributed by atoms with Gasteiger partial charge in [0.05, 0.1) is 5.37 Å². The highest BCUT2D eigenvalue weighted by Crippen LogP contribution is 2.20.